The fraction of sp³-hybridized carbons (Fsp3) is 0.261. The predicted octanol–water partition coefficient (Wildman–Crippen LogP) is 3.44. The summed E-state index contributed by atoms with van der Waals surface area (Å²) in [4.78, 5) is 32.3. The molecule has 3 heterocycles. The highest BCUT2D eigenvalue weighted by atomic mass is 32.1. The summed E-state index contributed by atoms with van der Waals surface area (Å²) in [6.07, 6.45) is 1.49. The Bertz CT molecular complexity index is 1180. The predicted molar refractivity (Wildman–Crippen MR) is 117 cm³/mol. The van der Waals surface area contributed by atoms with E-state index in [1.807, 2.05) is 13.0 Å². The molecule has 0 radical (unpaired) electrons. The van der Waals surface area contributed by atoms with Crippen molar-refractivity contribution in [1.82, 2.24) is 4.98 Å². The van der Waals surface area contributed by atoms with Crippen molar-refractivity contribution in [2.24, 2.45) is 5.73 Å². The van der Waals surface area contributed by atoms with Gasteiger partial charge in [0, 0.05) is 36.3 Å². The molecule has 152 valence electrons. The Balaban J connectivity index is 1.60. The summed E-state index contributed by atoms with van der Waals surface area (Å²) in [6, 6.07) is 10.1. The first-order valence-electron chi connectivity index (χ1n) is 9.91. The lowest BCUT2D eigenvalue weighted by atomic mass is 10.0. The van der Waals surface area contributed by atoms with E-state index in [0.717, 1.165) is 71.1 Å². The lowest BCUT2D eigenvalue weighted by Gasteiger charge is -2.29. The molecule has 1 aromatic carbocycles. The number of hydrogen-bond donors (Lipinski definition) is 1. The number of nitrogens with two attached hydrogens (primary N) is 1. The van der Waals surface area contributed by atoms with Crippen molar-refractivity contribution in [3.63, 3.8) is 0 Å². The Hall–Kier alpha value is -3.03. The minimum Gasteiger partial charge on any atom is -0.378 e. The molecule has 6 nitrogen and oxygen atoms in total. The van der Waals surface area contributed by atoms with Gasteiger partial charge in [-0.1, -0.05) is 6.07 Å². The average molecular weight is 420 g/mol. The smallest absolute Gasteiger partial charge is 0.249 e. The molecule has 1 saturated heterocycles. The lowest BCUT2D eigenvalue weighted by molar-refractivity contribution is 0.0999. The number of thiophene rings is 1. The zero-order valence-corrected chi connectivity index (χ0v) is 17.4. The first-order valence-corrected chi connectivity index (χ1v) is 10.7. The van der Waals surface area contributed by atoms with Gasteiger partial charge >= 0.3 is 0 Å². The number of anilines is 1. The second kappa shape index (κ2) is 7.34. The number of nitrogens with zero attached hydrogens (tertiary/aromatic N) is 2. The number of morpholine rings is 1. The largest absolute Gasteiger partial charge is 0.378 e. The maximum absolute atomic E-state index is 12.3. The second-order valence-corrected chi connectivity index (χ2v) is 8.72. The summed E-state index contributed by atoms with van der Waals surface area (Å²) in [7, 11) is 0. The van der Waals surface area contributed by atoms with Gasteiger partial charge in [-0.2, -0.15) is 0 Å². The molecule has 0 bridgehead atoms. The summed E-state index contributed by atoms with van der Waals surface area (Å²) >= 11 is 1.38. The van der Waals surface area contributed by atoms with Crippen LogP contribution >= 0.6 is 11.3 Å². The molecule has 30 heavy (non-hydrogen) atoms. The van der Waals surface area contributed by atoms with Gasteiger partial charge in [-0.15, -0.1) is 11.3 Å². The van der Waals surface area contributed by atoms with Crippen LogP contribution in [0.25, 0.3) is 21.8 Å². The Morgan fingerprint density at radius 1 is 1.23 bits per heavy atom. The number of ether oxygens (including phenoxy) is 1. The van der Waals surface area contributed by atoms with Gasteiger partial charge in [-0.05, 0) is 47.9 Å². The first-order chi connectivity index (χ1) is 14.5. The van der Waals surface area contributed by atoms with Crippen molar-refractivity contribution in [3.8, 4) is 21.8 Å². The van der Waals surface area contributed by atoms with E-state index in [1.165, 1.54) is 11.3 Å². The molecular weight excluding hydrogens is 398 g/mol. The molecule has 1 fully saturated rings. The highest BCUT2D eigenvalue weighted by Crippen LogP contribution is 2.41. The average Bonchev–Trinajstić information content (AvgIpc) is 3.32. The molecule has 0 unspecified atom stereocenters. The van der Waals surface area contributed by atoms with Crippen molar-refractivity contribution in [2.45, 2.75) is 13.3 Å². The molecule has 1 amide bonds. The molecule has 2 aromatic heterocycles. The van der Waals surface area contributed by atoms with Crippen LogP contribution in [0, 0.1) is 6.92 Å². The van der Waals surface area contributed by atoms with Crippen molar-refractivity contribution < 1.29 is 14.3 Å². The van der Waals surface area contributed by atoms with Gasteiger partial charge in [-0.25, -0.2) is 4.98 Å². The van der Waals surface area contributed by atoms with E-state index in [1.54, 1.807) is 6.07 Å². The van der Waals surface area contributed by atoms with Crippen LogP contribution < -0.4 is 10.6 Å². The molecule has 7 heteroatoms. The number of amides is 1. The van der Waals surface area contributed by atoms with Crippen LogP contribution in [0.3, 0.4) is 0 Å². The lowest BCUT2D eigenvalue weighted by Crippen LogP contribution is -2.36. The zero-order chi connectivity index (χ0) is 20.8. The van der Waals surface area contributed by atoms with E-state index >= 15 is 0 Å². The van der Waals surface area contributed by atoms with E-state index < -0.39 is 5.91 Å². The number of aryl methyl sites for hydroxylation is 1. The molecule has 0 saturated carbocycles. The maximum Gasteiger partial charge on any atom is 0.249 e. The molecule has 0 spiro atoms. The van der Waals surface area contributed by atoms with Crippen LogP contribution in [-0.4, -0.2) is 43.5 Å². The number of rotatable bonds is 4. The highest BCUT2D eigenvalue weighted by molar-refractivity contribution is 7.17. The Kier molecular flexibility index (Phi) is 4.64. The number of carbonyl (C=O) groups is 2. The molecule has 1 aliphatic heterocycles. The van der Waals surface area contributed by atoms with Crippen LogP contribution in [0.5, 0.6) is 0 Å². The van der Waals surface area contributed by atoms with E-state index in [2.05, 4.69) is 23.1 Å². The Morgan fingerprint density at radius 2 is 2.03 bits per heavy atom. The summed E-state index contributed by atoms with van der Waals surface area (Å²) in [5.74, 6) is -0.458. The third-order valence-corrected chi connectivity index (χ3v) is 6.98. The number of carbonyl (C=O) groups excluding carboxylic acids is 2. The fourth-order valence-electron chi connectivity index (χ4n) is 4.22. The van der Waals surface area contributed by atoms with Crippen LogP contribution in [0.4, 0.5) is 5.69 Å². The van der Waals surface area contributed by atoms with E-state index in [0.29, 0.717) is 22.6 Å². The summed E-state index contributed by atoms with van der Waals surface area (Å²) in [5.41, 5.74) is 12.9. The Labute approximate surface area is 178 Å². The standard InChI is InChI=1S/C23H21N3O3S/c1-13-8-20(30-21(13)12-27)19-11-18(23(24)28)17-10-14-9-15(26-4-6-29-7-5-26)2-3-16(14)22(17)25-19/h2-3,8-9,11-12H,4-7,10H2,1H3,(H2,24,28). The summed E-state index contributed by atoms with van der Waals surface area (Å²) < 4.78 is 5.46. The summed E-state index contributed by atoms with van der Waals surface area (Å²) in [5, 5.41) is 0. The second-order valence-electron chi connectivity index (χ2n) is 7.64. The minimum atomic E-state index is -0.458. The van der Waals surface area contributed by atoms with Crippen LogP contribution in [0.15, 0.2) is 30.3 Å². The third kappa shape index (κ3) is 3.11. The van der Waals surface area contributed by atoms with Gasteiger partial charge in [0.05, 0.1) is 34.4 Å². The number of aromatic nitrogens is 1. The third-order valence-electron chi connectivity index (χ3n) is 5.79. The molecule has 1 aliphatic carbocycles. The quantitative estimate of drug-likeness (QED) is 0.512. The van der Waals surface area contributed by atoms with E-state index in [-0.39, 0.29) is 0 Å². The van der Waals surface area contributed by atoms with Crippen molar-refractivity contribution in [1.29, 1.82) is 0 Å². The number of fused-ring (bicyclic) bond motifs is 3. The number of aldehydes is 1. The number of benzene rings is 1. The normalized spacial score (nSPS) is 15.0. The van der Waals surface area contributed by atoms with Crippen LogP contribution in [0.2, 0.25) is 0 Å². The molecule has 5 rings (SSSR count). The first kappa shape index (κ1) is 19.0. The number of pyridine rings is 1. The van der Waals surface area contributed by atoms with Crippen LogP contribution in [0.1, 0.15) is 36.7 Å². The molecule has 2 aliphatic rings. The fourth-order valence-corrected chi connectivity index (χ4v) is 5.17. The van der Waals surface area contributed by atoms with Gasteiger partial charge < -0.3 is 15.4 Å². The van der Waals surface area contributed by atoms with Crippen molar-refractivity contribution >= 4 is 29.2 Å². The van der Waals surface area contributed by atoms with Gasteiger partial charge in [0.15, 0.2) is 6.29 Å². The molecule has 0 atom stereocenters. The number of primary amides is 1. The topological polar surface area (TPSA) is 85.5 Å². The van der Waals surface area contributed by atoms with Gasteiger partial charge in [-0.3, -0.25) is 9.59 Å². The van der Waals surface area contributed by atoms with E-state index in [4.69, 9.17) is 15.5 Å². The minimum absolute atomic E-state index is 0.458. The highest BCUT2D eigenvalue weighted by Gasteiger charge is 2.27. The summed E-state index contributed by atoms with van der Waals surface area (Å²) in [6.45, 7) is 5.11. The molecule has 2 N–H and O–H groups in total. The number of hydrogen-bond acceptors (Lipinski definition) is 6. The van der Waals surface area contributed by atoms with Gasteiger partial charge in [0.2, 0.25) is 5.91 Å². The SMILES string of the molecule is Cc1cc(-c2cc(C(N)=O)c3c(n2)-c2ccc(N4CCOCC4)cc2C3)sc1C=O. The van der Waals surface area contributed by atoms with Gasteiger partial charge in [0.1, 0.15) is 0 Å². The van der Waals surface area contributed by atoms with Crippen molar-refractivity contribution in [2.75, 3.05) is 31.2 Å². The monoisotopic (exact) mass is 419 g/mol. The molecular formula is C23H21N3O3S. The van der Waals surface area contributed by atoms with Crippen molar-refractivity contribution in [3.05, 3.63) is 57.5 Å². The molecule has 3 aromatic rings. The Morgan fingerprint density at radius 3 is 2.73 bits per heavy atom. The van der Waals surface area contributed by atoms with E-state index in [9.17, 15) is 9.59 Å². The van der Waals surface area contributed by atoms with Crippen LogP contribution in [-0.2, 0) is 11.2 Å². The van der Waals surface area contributed by atoms with Gasteiger partial charge in [0.25, 0.3) is 0 Å². The zero-order valence-electron chi connectivity index (χ0n) is 16.6. The maximum atomic E-state index is 12.3.